The zero-order valence-electron chi connectivity index (χ0n) is 49.5. The number of carbonyl (C=O) groups is 7. The number of hydrogen-bond acceptors (Lipinski definition) is 19. The molecule has 0 bridgehead atoms. The Labute approximate surface area is 485 Å². The fraction of sp³-hybridized carbons (Fsp3) is 0.727. The molecule has 8 atom stereocenters. The van der Waals surface area contributed by atoms with Crippen molar-refractivity contribution < 1.29 is 99.0 Å². The molecule has 0 aromatic heterocycles. The summed E-state index contributed by atoms with van der Waals surface area (Å²) in [6.45, 7) is 11.1. The summed E-state index contributed by atoms with van der Waals surface area (Å²) in [5.41, 5.74) is 0. The summed E-state index contributed by atoms with van der Waals surface area (Å²) in [6, 6.07) is -2.78. The lowest BCUT2D eigenvalue weighted by atomic mass is 10.2. The minimum Gasteiger partial charge on any atom is -0.463 e. The summed E-state index contributed by atoms with van der Waals surface area (Å²) < 4.78 is 78.9. The van der Waals surface area contributed by atoms with Gasteiger partial charge < -0.3 is 59.5 Å². The molecule has 0 spiro atoms. The zero-order valence-corrected chi connectivity index (χ0v) is 51.3. The summed E-state index contributed by atoms with van der Waals surface area (Å²) in [7, 11) is -9.56. The number of phosphoric ester groups is 2. The molecule has 472 valence electrons. The molecule has 0 aromatic rings. The predicted octanol–water partition coefficient (Wildman–Crippen LogP) is 7.83. The van der Waals surface area contributed by atoms with Crippen molar-refractivity contribution in [3.05, 3.63) is 48.6 Å². The second kappa shape index (κ2) is 48.6. The molecule has 0 radical (unpaired) electrons. The molecule has 27 heteroatoms. The van der Waals surface area contributed by atoms with E-state index in [9.17, 15) is 52.5 Å². The van der Waals surface area contributed by atoms with Crippen LogP contribution >= 0.6 is 15.6 Å². The van der Waals surface area contributed by atoms with Crippen LogP contribution < -0.4 is 21.3 Å². The van der Waals surface area contributed by atoms with Crippen LogP contribution in [-0.4, -0.2) is 154 Å². The maximum Gasteiger partial charge on any atom is 0.472 e. The van der Waals surface area contributed by atoms with E-state index in [1.54, 1.807) is 27.7 Å². The van der Waals surface area contributed by atoms with Crippen molar-refractivity contribution in [1.82, 2.24) is 21.3 Å². The minimum absolute atomic E-state index is 0.0978. The molecule has 0 aliphatic heterocycles. The standard InChI is InChI=1S/C55H96N4O21P2/c1-9-13-17-21-25-51(62)77-43(5)29-33-71-39-47(58-49(60)37-45(7)79-53(64)27-23-19-15-11-3)41-75-81(67,68)73-35-31-56-55(66)57-32-36-74-82(69,70)76-42-48(40-72-34-30-44(6)78-52(63)26-22-18-14-10-2)59-50(61)38-46(8)80-54(65)28-24-20-16-12-4/h9-16,43-48H,17-42H2,1-8H3,(H,58,60)(H,59,61)(H,67,68)(H,69,70)(H2,56,57,66)/b13-9-,14-10-,15-11-,16-12-/t43-,44-,45-,46-,47?,48?/m1/s1. The molecule has 0 aromatic carbocycles. The van der Waals surface area contributed by atoms with E-state index in [0.29, 0.717) is 51.4 Å². The van der Waals surface area contributed by atoms with Gasteiger partial charge in [0.2, 0.25) is 11.8 Å². The van der Waals surface area contributed by atoms with Gasteiger partial charge >= 0.3 is 45.6 Å². The van der Waals surface area contributed by atoms with E-state index >= 15 is 0 Å². The van der Waals surface area contributed by atoms with Crippen LogP contribution in [0.25, 0.3) is 0 Å². The first-order valence-electron chi connectivity index (χ1n) is 28.2. The highest BCUT2D eigenvalue weighted by Gasteiger charge is 2.27. The Morgan fingerprint density at radius 1 is 0.439 bits per heavy atom. The number of hydrogen-bond donors (Lipinski definition) is 6. The summed E-state index contributed by atoms with van der Waals surface area (Å²) in [5.74, 6) is -2.74. The van der Waals surface area contributed by atoms with Gasteiger partial charge in [-0.15, -0.1) is 0 Å². The van der Waals surface area contributed by atoms with Crippen LogP contribution in [0.15, 0.2) is 48.6 Å². The van der Waals surface area contributed by atoms with Crippen molar-refractivity contribution >= 4 is 57.4 Å². The highest BCUT2D eigenvalue weighted by Crippen LogP contribution is 2.43. The molecule has 0 saturated carbocycles. The van der Waals surface area contributed by atoms with Crippen LogP contribution in [0.2, 0.25) is 0 Å². The van der Waals surface area contributed by atoms with Gasteiger partial charge in [-0.05, 0) is 107 Å². The van der Waals surface area contributed by atoms with Gasteiger partial charge in [-0.2, -0.15) is 0 Å². The monoisotopic (exact) mass is 1210 g/mol. The van der Waals surface area contributed by atoms with Crippen molar-refractivity contribution in [3.8, 4) is 0 Å². The number of amides is 4. The van der Waals surface area contributed by atoms with Gasteiger partial charge in [-0.25, -0.2) is 13.9 Å². The largest absolute Gasteiger partial charge is 0.472 e. The van der Waals surface area contributed by atoms with Gasteiger partial charge in [0.25, 0.3) is 0 Å². The number of rotatable bonds is 50. The van der Waals surface area contributed by atoms with Crippen LogP contribution in [0, 0.1) is 0 Å². The molecule has 0 heterocycles. The minimum atomic E-state index is -4.78. The topological polar surface area (TPSA) is 335 Å². The van der Waals surface area contributed by atoms with Gasteiger partial charge in [0.1, 0.15) is 24.4 Å². The second-order valence-electron chi connectivity index (χ2n) is 19.1. The average Bonchev–Trinajstić information content (AvgIpc) is 3.41. The lowest BCUT2D eigenvalue weighted by Crippen LogP contribution is -2.43. The number of phosphoric acid groups is 2. The van der Waals surface area contributed by atoms with E-state index in [0.717, 1.165) is 12.8 Å². The van der Waals surface area contributed by atoms with E-state index in [1.165, 1.54) is 0 Å². The first-order chi connectivity index (χ1) is 39.0. The third kappa shape index (κ3) is 47.7. The SMILES string of the molecule is C/C=C\CCCC(=O)O[C@H](C)CCOCC(COP(=O)(O)OCCNC(=O)NCCOP(=O)(O)OCC(COCC[C@@H](C)OC(=O)CCC/C=C\C)NC(=O)C[C@@H](C)OC(=O)CCC/C=C\C)NC(=O)C[C@@H](C)OC(=O)CCC/C=C\C. The fourth-order valence-electron chi connectivity index (χ4n) is 6.92. The molecule has 0 aliphatic carbocycles. The van der Waals surface area contributed by atoms with Crippen LogP contribution in [0.4, 0.5) is 4.79 Å². The normalized spacial score (nSPS) is 15.4. The maximum absolute atomic E-state index is 13.0. The number of ether oxygens (including phenoxy) is 6. The van der Waals surface area contributed by atoms with Gasteiger partial charge in [-0.1, -0.05) is 48.6 Å². The Morgan fingerprint density at radius 2 is 0.744 bits per heavy atom. The second-order valence-corrected chi connectivity index (χ2v) is 22.0. The van der Waals surface area contributed by atoms with Crippen LogP contribution in [0.5, 0.6) is 0 Å². The van der Waals surface area contributed by atoms with Crippen LogP contribution in [0.1, 0.15) is 158 Å². The van der Waals surface area contributed by atoms with Crippen molar-refractivity contribution in [1.29, 1.82) is 0 Å². The molecule has 25 nitrogen and oxygen atoms in total. The van der Waals surface area contributed by atoms with E-state index < -0.39 is 108 Å². The molecular formula is C55H96N4O21P2. The van der Waals surface area contributed by atoms with E-state index in [1.807, 2.05) is 76.3 Å². The molecule has 0 rings (SSSR count). The number of nitrogens with one attached hydrogen (secondary N) is 4. The van der Waals surface area contributed by atoms with Gasteiger partial charge in [0.15, 0.2) is 0 Å². The molecule has 0 fully saturated rings. The van der Waals surface area contributed by atoms with Crippen molar-refractivity contribution in [2.24, 2.45) is 0 Å². The Hall–Kier alpha value is -4.81. The molecule has 4 unspecified atom stereocenters. The number of allylic oxidation sites excluding steroid dienone is 8. The molecule has 0 aliphatic rings. The Balaban J connectivity index is 5.23. The number of urea groups is 1. The molecule has 4 amide bonds. The van der Waals surface area contributed by atoms with Gasteiger partial charge in [0, 0.05) is 51.6 Å². The van der Waals surface area contributed by atoms with E-state index in [-0.39, 0.29) is 90.0 Å². The Morgan fingerprint density at radius 3 is 1.05 bits per heavy atom. The predicted molar refractivity (Wildman–Crippen MR) is 306 cm³/mol. The van der Waals surface area contributed by atoms with E-state index in [2.05, 4.69) is 21.3 Å². The van der Waals surface area contributed by atoms with Crippen LogP contribution in [0.3, 0.4) is 0 Å². The fourth-order valence-corrected chi connectivity index (χ4v) is 8.45. The first-order valence-corrected chi connectivity index (χ1v) is 31.2. The Kier molecular flexibility index (Phi) is 45.7. The van der Waals surface area contributed by atoms with Gasteiger partial charge in [0.05, 0.1) is 77.8 Å². The lowest BCUT2D eigenvalue weighted by molar-refractivity contribution is -0.151. The maximum atomic E-state index is 13.0. The quantitative estimate of drug-likeness (QED) is 0.0111. The molecule has 0 saturated heterocycles. The smallest absolute Gasteiger partial charge is 0.463 e. The summed E-state index contributed by atoms with van der Waals surface area (Å²) >= 11 is 0. The van der Waals surface area contributed by atoms with Crippen molar-refractivity contribution in [2.45, 2.75) is 195 Å². The first kappa shape index (κ1) is 77.2. The summed E-state index contributed by atoms with van der Waals surface area (Å²) in [6.07, 6.45) is 19.3. The van der Waals surface area contributed by atoms with E-state index in [4.69, 9.17) is 46.5 Å². The van der Waals surface area contributed by atoms with Crippen LogP contribution in [-0.2, 0) is 84.4 Å². The van der Waals surface area contributed by atoms with Gasteiger partial charge in [-0.3, -0.25) is 46.9 Å². The third-order valence-electron chi connectivity index (χ3n) is 11.1. The Bertz CT molecular complexity index is 1900. The molecule has 82 heavy (non-hydrogen) atoms. The number of esters is 4. The zero-order chi connectivity index (χ0) is 61.4. The molecular weight excluding hydrogens is 1110 g/mol. The van der Waals surface area contributed by atoms with Crippen molar-refractivity contribution in [3.63, 3.8) is 0 Å². The number of unbranched alkanes of at least 4 members (excludes halogenated alkanes) is 4. The number of carbonyl (C=O) groups excluding carboxylic acids is 7. The summed E-state index contributed by atoms with van der Waals surface area (Å²) in [5, 5.41) is 10.0. The van der Waals surface area contributed by atoms with Crippen molar-refractivity contribution in [2.75, 3.05) is 65.9 Å². The average molecular weight is 1210 g/mol. The molecule has 6 N–H and O–H groups in total. The highest BCUT2D eigenvalue weighted by atomic mass is 31.2. The third-order valence-corrected chi connectivity index (χ3v) is 13.1. The lowest BCUT2D eigenvalue weighted by Gasteiger charge is -2.22. The highest BCUT2D eigenvalue weighted by molar-refractivity contribution is 7.47. The summed E-state index contributed by atoms with van der Waals surface area (Å²) in [4.78, 5) is 108.